The monoisotopic (exact) mass is 278 g/mol. The molecule has 2 rings (SSSR count). The summed E-state index contributed by atoms with van der Waals surface area (Å²) in [6, 6.07) is 10.5. The highest BCUT2D eigenvalue weighted by Crippen LogP contribution is 2.19. The zero-order chi connectivity index (χ0) is 13.8. The molecule has 2 aromatic rings. The van der Waals surface area contributed by atoms with Gasteiger partial charge < -0.3 is 5.11 Å². The minimum absolute atomic E-state index is 0.0146. The first kappa shape index (κ1) is 13.6. The van der Waals surface area contributed by atoms with Gasteiger partial charge in [-0.25, -0.2) is 4.39 Å². The van der Waals surface area contributed by atoms with Gasteiger partial charge in [0.1, 0.15) is 17.3 Å². The van der Waals surface area contributed by atoms with Crippen molar-refractivity contribution in [3.8, 4) is 5.75 Å². The molecule has 0 aromatic heterocycles. The van der Waals surface area contributed by atoms with Gasteiger partial charge in [0.05, 0.1) is 0 Å². The number of carbonyl (C=O) groups is 1. The molecule has 98 valence electrons. The number of phenols is 1. The van der Waals surface area contributed by atoms with Crippen LogP contribution in [0.3, 0.4) is 0 Å². The molecule has 0 spiro atoms. The fourth-order valence-corrected chi connectivity index (χ4v) is 2.02. The van der Waals surface area contributed by atoms with E-state index in [9.17, 15) is 9.18 Å². The van der Waals surface area contributed by atoms with E-state index < -0.39 is 5.82 Å². The summed E-state index contributed by atoms with van der Waals surface area (Å²) in [6.07, 6.45) is 0.425. The molecule has 0 saturated heterocycles. The van der Waals surface area contributed by atoms with Crippen LogP contribution in [0.2, 0.25) is 5.02 Å². The molecule has 0 radical (unpaired) electrons. The number of carbonyl (C=O) groups excluding carboxylic acids is 1. The van der Waals surface area contributed by atoms with Crippen LogP contribution in [0.5, 0.6) is 5.75 Å². The minimum Gasteiger partial charge on any atom is -0.508 e. The summed E-state index contributed by atoms with van der Waals surface area (Å²) in [4.78, 5) is 11.9. The third-order valence-corrected chi connectivity index (χ3v) is 3.09. The highest BCUT2D eigenvalue weighted by molar-refractivity contribution is 6.31. The Morgan fingerprint density at radius 2 is 1.79 bits per heavy atom. The summed E-state index contributed by atoms with van der Waals surface area (Å²) in [5.41, 5.74) is 1.44. The quantitative estimate of drug-likeness (QED) is 0.929. The first-order valence-corrected chi connectivity index (χ1v) is 6.16. The Balaban J connectivity index is 2.03. The molecule has 0 unspecified atom stereocenters. The first-order valence-electron chi connectivity index (χ1n) is 5.78. The third kappa shape index (κ3) is 3.80. The molecule has 2 aromatic carbocycles. The van der Waals surface area contributed by atoms with Gasteiger partial charge in [0.2, 0.25) is 0 Å². The van der Waals surface area contributed by atoms with Gasteiger partial charge in [-0.15, -0.1) is 0 Å². The standard InChI is InChI=1S/C15H12ClFO2/c16-15-9-12(17)4-3-11(15)8-14(19)7-10-1-5-13(18)6-2-10/h1-6,9,18H,7-8H2. The maximum Gasteiger partial charge on any atom is 0.141 e. The molecular weight excluding hydrogens is 267 g/mol. The summed E-state index contributed by atoms with van der Waals surface area (Å²) in [5, 5.41) is 9.41. The van der Waals surface area contributed by atoms with Gasteiger partial charge in [0.15, 0.2) is 0 Å². The summed E-state index contributed by atoms with van der Waals surface area (Å²) >= 11 is 5.87. The van der Waals surface area contributed by atoms with Crippen molar-refractivity contribution in [2.24, 2.45) is 0 Å². The van der Waals surface area contributed by atoms with Gasteiger partial charge in [-0.3, -0.25) is 4.79 Å². The van der Waals surface area contributed by atoms with Crippen LogP contribution in [0.15, 0.2) is 42.5 Å². The number of phenolic OH excluding ortho intramolecular Hbond substituents is 1. The maximum absolute atomic E-state index is 12.9. The fourth-order valence-electron chi connectivity index (χ4n) is 1.78. The molecule has 4 heteroatoms. The van der Waals surface area contributed by atoms with E-state index in [2.05, 4.69) is 0 Å². The highest BCUT2D eigenvalue weighted by Gasteiger charge is 2.09. The maximum atomic E-state index is 12.9. The Labute approximate surface area is 115 Å². The molecule has 0 bridgehead atoms. The Morgan fingerprint density at radius 3 is 2.42 bits per heavy atom. The van der Waals surface area contributed by atoms with Crippen molar-refractivity contribution in [1.29, 1.82) is 0 Å². The van der Waals surface area contributed by atoms with Crippen molar-refractivity contribution in [2.45, 2.75) is 12.8 Å². The second-order valence-corrected chi connectivity index (χ2v) is 4.70. The van der Waals surface area contributed by atoms with Crippen molar-refractivity contribution in [3.63, 3.8) is 0 Å². The second kappa shape index (κ2) is 5.85. The number of benzene rings is 2. The Kier molecular flexibility index (Phi) is 4.17. The van der Waals surface area contributed by atoms with Crippen LogP contribution in [0, 0.1) is 5.82 Å². The van der Waals surface area contributed by atoms with Crippen molar-refractivity contribution in [3.05, 3.63) is 64.4 Å². The van der Waals surface area contributed by atoms with Gasteiger partial charge in [-0.2, -0.15) is 0 Å². The van der Waals surface area contributed by atoms with E-state index in [-0.39, 0.29) is 29.4 Å². The molecular formula is C15H12ClFO2. The molecule has 0 aliphatic carbocycles. The van der Waals surface area contributed by atoms with Crippen LogP contribution >= 0.6 is 11.6 Å². The Morgan fingerprint density at radius 1 is 1.11 bits per heavy atom. The molecule has 19 heavy (non-hydrogen) atoms. The molecule has 2 nitrogen and oxygen atoms in total. The number of Topliss-reactive ketones (excluding diaryl/α,β-unsaturated/α-hetero) is 1. The zero-order valence-electron chi connectivity index (χ0n) is 10.1. The van der Waals surface area contributed by atoms with Gasteiger partial charge in [-0.1, -0.05) is 29.8 Å². The lowest BCUT2D eigenvalue weighted by atomic mass is 10.0. The lowest BCUT2D eigenvalue weighted by molar-refractivity contribution is -0.117. The lowest BCUT2D eigenvalue weighted by Crippen LogP contribution is -2.07. The summed E-state index contributed by atoms with van der Waals surface area (Å²) < 4.78 is 12.9. The van der Waals surface area contributed by atoms with Crippen LogP contribution in [0.4, 0.5) is 4.39 Å². The van der Waals surface area contributed by atoms with Crippen molar-refractivity contribution in [2.75, 3.05) is 0 Å². The molecule has 1 N–H and O–H groups in total. The van der Waals surface area contributed by atoms with Gasteiger partial charge >= 0.3 is 0 Å². The number of hydrogen-bond acceptors (Lipinski definition) is 2. The topological polar surface area (TPSA) is 37.3 Å². The van der Waals surface area contributed by atoms with E-state index in [0.717, 1.165) is 5.56 Å². The van der Waals surface area contributed by atoms with Crippen molar-refractivity contribution in [1.82, 2.24) is 0 Å². The largest absolute Gasteiger partial charge is 0.508 e. The van der Waals surface area contributed by atoms with Crippen molar-refractivity contribution >= 4 is 17.4 Å². The SMILES string of the molecule is O=C(Cc1ccc(O)cc1)Cc1ccc(F)cc1Cl. The number of ketones is 1. The van der Waals surface area contributed by atoms with Crippen LogP contribution in [-0.2, 0) is 17.6 Å². The predicted molar refractivity (Wildman–Crippen MR) is 71.9 cm³/mol. The normalized spacial score (nSPS) is 10.4. The number of halogens is 2. The molecule has 0 aliphatic heterocycles. The number of rotatable bonds is 4. The molecule has 0 saturated carbocycles. The van der Waals surface area contributed by atoms with E-state index in [1.165, 1.54) is 30.3 Å². The molecule has 0 fully saturated rings. The minimum atomic E-state index is -0.417. The van der Waals surface area contributed by atoms with Crippen LogP contribution in [-0.4, -0.2) is 10.9 Å². The average Bonchev–Trinajstić information content (AvgIpc) is 2.36. The predicted octanol–water partition coefficient (Wildman–Crippen LogP) is 3.54. The van der Waals surface area contributed by atoms with Gasteiger partial charge in [-0.05, 0) is 35.4 Å². The molecule has 0 atom stereocenters. The van der Waals surface area contributed by atoms with Crippen molar-refractivity contribution < 1.29 is 14.3 Å². The average molecular weight is 279 g/mol. The zero-order valence-corrected chi connectivity index (χ0v) is 10.8. The fraction of sp³-hybridized carbons (Fsp3) is 0.133. The Hall–Kier alpha value is -1.87. The third-order valence-electron chi connectivity index (χ3n) is 2.74. The summed E-state index contributed by atoms with van der Waals surface area (Å²) in [5.74, 6) is -0.267. The molecule has 0 amide bonds. The van der Waals surface area contributed by atoms with Crippen LogP contribution in [0.25, 0.3) is 0 Å². The van der Waals surface area contributed by atoms with E-state index in [1.807, 2.05) is 0 Å². The van der Waals surface area contributed by atoms with E-state index in [0.29, 0.717) is 5.56 Å². The second-order valence-electron chi connectivity index (χ2n) is 4.29. The lowest BCUT2D eigenvalue weighted by Gasteiger charge is -2.04. The summed E-state index contributed by atoms with van der Waals surface area (Å²) in [7, 11) is 0. The van der Waals surface area contributed by atoms with Crippen LogP contribution < -0.4 is 0 Å². The van der Waals surface area contributed by atoms with E-state index in [1.54, 1.807) is 12.1 Å². The van der Waals surface area contributed by atoms with Gasteiger partial charge in [0.25, 0.3) is 0 Å². The van der Waals surface area contributed by atoms with E-state index >= 15 is 0 Å². The first-order chi connectivity index (χ1) is 9.04. The highest BCUT2D eigenvalue weighted by atomic mass is 35.5. The smallest absolute Gasteiger partial charge is 0.141 e. The number of hydrogen-bond donors (Lipinski definition) is 1. The summed E-state index contributed by atoms with van der Waals surface area (Å²) in [6.45, 7) is 0. The molecule has 0 heterocycles. The number of aromatic hydroxyl groups is 1. The van der Waals surface area contributed by atoms with Crippen LogP contribution in [0.1, 0.15) is 11.1 Å². The van der Waals surface area contributed by atoms with E-state index in [4.69, 9.17) is 16.7 Å². The van der Waals surface area contributed by atoms with Gasteiger partial charge in [0, 0.05) is 17.9 Å². The Bertz CT molecular complexity index is 594. The molecule has 0 aliphatic rings.